The van der Waals surface area contributed by atoms with Crippen LogP contribution in [0.1, 0.15) is 16.1 Å². The Hall–Kier alpha value is -2.43. The topological polar surface area (TPSA) is 62.9 Å². The standard InChI is InChI=1S/C14H15NO4/c1-15(11-3-5-12(18-2)6-4-11)8-13-7-10(9-19-13)14(16)17/h3-7,9H,8H2,1-2H3,(H,16,17). The summed E-state index contributed by atoms with van der Waals surface area (Å²) in [5, 5.41) is 8.82. The monoisotopic (exact) mass is 261 g/mol. The van der Waals surface area contributed by atoms with E-state index in [9.17, 15) is 4.79 Å². The summed E-state index contributed by atoms with van der Waals surface area (Å²) in [5.41, 5.74) is 1.16. The Labute approximate surface area is 111 Å². The second-order valence-electron chi connectivity index (χ2n) is 4.16. The third-order valence-corrected chi connectivity index (χ3v) is 2.81. The van der Waals surface area contributed by atoms with Gasteiger partial charge in [-0.2, -0.15) is 0 Å². The molecule has 0 fully saturated rings. The van der Waals surface area contributed by atoms with Gasteiger partial charge in [-0.15, -0.1) is 0 Å². The number of anilines is 1. The fourth-order valence-corrected chi connectivity index (χ4v) is 1.74. The number of methoxy groups -OCH3 is 1. The molecule has 2 rings (SSSR count). The average Bonchev–Trinajstić information content (AvgIpc) is 2.87. The largest absolute Gasteiger partial charge is 0.497 e. The molecule has 0 aliphatic carbocycles. The Morgan fingerprint density at radius 3 is 2.58 bits per heavy atom. The van der Waals surface area contributed by atoms with E-state index in [0.717, 1.165) is 11.4 Å². The molecule has 0 saturated carbocycles. The Kier molecular flexibility index (Phi) is 3.75. The molecule has 1 N–H and O–H groups in total. The van der Waals surface area contributed by atoms with E-state index in [2.05, 4.69) is 0 Å². The van der Waals surface area contributed by atoms with Gasteiger partial charge in [-0.25, -0.2) is 4.79 Å². The summed E-state index contributed by atoms with van der Waals surface area (Å²) in [6.07, 6.45) is 1.25. The summed E-state index contributed by atoms with van der Waals surface area (Å²) >= 11 is 0. The highest BCUT2D eigenvalue weighted by Gasteiger charge is 2.10. The van der Waals surface area contributed by atoms with Crippen LogP contribution in [0, 0.1) is 0 Å². The van der Waals surface area contributed by atoms with Crippen LogP contribution in [0.3, 0.4) is 0 Å². The summed E-state index contributed by atoms with van der Waals surface area (Å²) < 4.78 is 10.3. The number of rotatable bonds is 5. The van der Waals surface area contributed by atoms with Crippen molar-refractivity contribution < 1.29 is 19.1 Å². The van der Waals surface area contributed by atoms with E-state index < -0.39 is 5.97 Å². The molecular formula is C14H15NO4. The van der Waals surface area contributed by atoms with Crippen LogP contribution in [0.15, 0.2) is 41.0 Å². The van der Waals surface area contributed by atoms with Crippen LogP contribution in [0.5, 0.6) is 5.75 Å². The van der Waals surface area contributed by atoms with E-state index in [1.165, 1.54) is 12.3 Å². The molecule has 1 aromatic carbocycles. The number of carboxylic acids is 1. The van der Waals surface area contributed by atoms with Crippen LogP contribution in [0.4, 0.5) is 5.69 Å². The lowest BCUT2D eigenvalue weighted by Crippen LogP contribution is -2.15. The smallest absolute Gasteiger partial charge is 0.338 e. The molecule has 0 bridgehead atoms. The minimum absolute atomic E-state index is 0.165. The van der Waals surface area contributed by atoms with Gasteiger partial charge < -0.3 is 19.2 Å². The summed E-state index contributed by atoms with van der Waals surface area (Å²) in [6, 6.07) is 9.13. The van der Waals surface area contributed by atoms with Crippen molar-refractivity contribution in [3.05, 3.63) is 47.9 Å². The fraction of sp³-hybridized carbons (Fsp3) is 0.214. The number of ether oxygens (including phenoxy) is 1. The lowest BCUT2D eigenvalue weighted by Gasteiger charge is -2.18. The Morgan fingerprint density at radius 2 is 2.05 bits per heavy atom. The molecule has 0 aliphatic heterocycles. The van der Waals surface area contributed by atoms with E-state index in [-0.39, 0.29) is 5.56 Å². The van der Waals surface area contributed by atoms with E-state index in [0.29, 0.717) is 12.3 Å². The predicted octanol–water partition coefficient (Wildman–Crippen LogP) is 2.62. The fourth-order valence-electron chi connectivity index (χ4n) is 1.74. The Bertz CT molecular complexity index is 559. The number of hydrogen-bond acceptors (Lipinski definition) is 4. The van der Waals surface area contributed by atoms with Crippen molar-refractivity contribution in [3.63, 3.8) is 0 Å². The van der Waals surface area contributed by atoms with Crippen molar-refractivity contribution in [1.82, 2.24) is 0 Å². The molecule has 5 heteroatoms. The van der Waals surface area contributed by atoms with Crippen LogP contribution in [-0.2, 0) is 6.54 Å². The normalized spacial score (nSPS) is 10.2. The highest BCUT2D eigenvalue weighted by molar-refractivity contribution is 5.87. The van der Waals surface area contributed by atoms with Crippen molar-refractivity contribution in [2.45, 2.75) is 6.54 Å². The minimum atomic E-state index is -0.984. The van der Waals surface area contributed by atoms with Crippen molar-refractivity contribution in [1.29, 1.82) is 0 Å². The number of carbonyl (C=O) groups is 1. The van der Waals surface area contributed by atoms with E-state index >= 15 is 0 Å². The zero-order valence-corrected chi connectivity index (χ0v) is 10.8. The summed E-state index contributed by atoms with van der Waals surface area (Å²) in [5.74, 6) is 0.418. The second kappa shape index (κ2) is 5.48. The number of aromatic carboxylic acids is 1. The van der Waals surface area contributed by atoms with E-state index in [4.69, 9.17) is 14.3 Å². The summed E-state index contributed by atoms with van der Waals surface area (Å²) in [4.78, 5) is 12.7. The van der Waals surface area contributed by atoms with Crippen LogP contribution >= 0.6 is 0 Å². The first kappa shape index (κ1) is 13.0. The Morgan fingerprint density at radius 1 is 1.37 bits per heavy atom. The molecule has 100 valence electrons. The van der Waals surface area contributed by atoms with Crippen LogP contribution < -0.4 is 9.64 Å². The maximum Gasteiger partial charge on any atom is 0.338 e. The number of nitrogens with zero attached hydrogens (tertiary/aromatic N) is 1. The number of benzene rings is 1. The molecule has 19 heavy (non-hydrogen) atoms. The molecule has 0 radical (unpaired) electrons. The molecule has 0 spiro atoms. The number of furan rings is 1. The molecule has 5 nitrogen and oxygen atoms in total. The molecule has 0 aliphatic rings. The molecule has 1 heterocycles. The first-order valence-corrected chi connectivity index (χ1v) is 5.76. The van der Waals surface area contributed by atoms with Crippen molar-refractivity contribution in [2.24, 2.45) is 0 Å². The summed E-state index contributed by atoms with van der Waals surface area (Å²) in [6.45, 7) is 0.500. The van der Waals surface area contributed by atoms with E-state index in [1.807, 2.05) is 36.2 Å². The predicted molar refractivity (Wildman–Crippen MR) is 70.8 cm³/mol. The molecule has 0 unspecified atom stereocenters. The third-order valence-electron chi connectivity index (χ3n) is 2.81. The number of carboxylic acid groups (broad SMARTS) is 1. The highest BCUT2D eigenvalue weighted by atomic mass is 16.5. The zero-order valence-electron chi connectivity index (χ0n) is 10.8. The van der Waals surface area contributed by atoms with Crippen LogP contribution in [0.2, 0.25) is 0 Å². The van der Waals surface area contributed by atoms with Gasteiger partial charge in [0.25, 0.3) is 0 Å². The van der Waals surface area contributed by atoms with E-state index in [1.54, 1.807) is 7.11 Å². The van der Waals surface area contributed by atoms with Crippen LogP contribution in [0.25, 0.3) is 0 Å². The molecule has 0 atom stereocenters. The van der Waals surface area contributed by atoms with Gasteiger partial charge in [-0.05, 0) is 30.3 Å². The SMILES string of the molecule is COc1ccc(N(C)Cc2cc(C(=O)O)co2)cc1. The molecule has 0 saturated heterocycles. The Balaban J connectivity index is 2.06. The van der Waals surface area contributed by atoms with Crippen molar-refractivity contribution in [3.8, 4) is 5.75 Å². The average molecular weight is 261 g/mol. The van der Waals surface area contributed by atoms with Gasteiger partial charge >= 0.3 is 5.97 Å². The van der Waals surface area contributed by atoms with Gasteiger partial charge in [0.1, 0.15) is 17.8 Å². The molecule has 1 aromatic heterocycles. The lowest BCUT2D eigenvalue weighted by molar-refractivity contribution is 0.0696. The van der Waals surface area contributed by atoms with Crippen molar-refractivity contribution >= 4 is 11.7 Å². The van der Waals surface area contributed by atoms with Gasteiger partial charge in [-0.1, -0.05) is 0 Å². The molecule has 0 amide bonds. The number of hydrogen-bond donors (Lipinski definition) is 1. The summed E-state index contributed by atoms with van der Waals surface area (Å²) in [7, 11) is 3.53. The van der Waals surface area contributed by atoms with Crippen molar-refractivity contribution in [2.75, 3.05) is 19.1 Å². The quantitative estimate of drug-likeness (QED) is 0.896. The molecule has 2 aromatic rings. The minimum Gasteiger partial charge on any atom is -0.497 e. The first-order valence-electron chi connectivity index (χ1n) is 5.76. The maximum absolute atomic E-state index is 10.8. The molecular weight excluding hydrogens is 246 g/mol. The first-order chi connectivity index (χ1) is 9.10. The zero-order chi connectivity index (χ0) is 13.8. The lowest BCUT2D eigenvalue weighted by atomic mass is 10.2. The van der Waals surface area contributed by atoms with Gasteiger partial charge in [0, 0.05) is 12.7 Å². The van der Waals surface area contributed by atoms with Gasteiger partial charge in [0.2, 0.25) is 0 Å². The van der Waals surface area contributed by atoms with Gasteiger partial charge in [0.15, 0.2) is 0 Å². The van der Waals surface area contributed by atoms with Crippen LogP contribution in [-0.4, -0.2) is 25.2 Å². The third kappa shape index (κ3) is 3.07. The maximum atomic E-state index is 10.8. The van der Waals surface area contributed by atoms with Gasteiger partial charge in [0.05, 0.1) is 19.2 Å². The van der Waals surface area contributed by atoms with Gasteiger partial charge in [-0.3, -0.25) is 0 Å². The second-order valence-corrected chi connectivity index (χ2v) is 4.16. The highest BCUT2D eigenvalue weighted by Crippen LogP contribution is 2.20.